The van der Waals surface area contributed by atoms with E-state index in [2.05, 4.69) is 6.92 Å². The maximum Gasteiger partial charge on any atom is 0.336 e. The molecule has 1 heterocycles. The Bertz CT molecular complexity index is 1110. The third-order valence-corrected chi connectivity index (χ3v) is 5.43. The number of aromatic nitrogens is 2. The number of carboxylic acids is 1. The lowest BCUT2D eigenvalue weighted by Crippen LogP contribution is -2.25. The largest absolute Gasteiger partial charge is 0.478 e. The van der Waals surface area contributed by atoms with Crippen molar-refractivity contribution in [2.45, 2.75) is 52.6 Å². The van der Waals surface area contributed by atoms with Crippen LogP contribution in [0.25, 0.3) is 11.1 Å². The molecule has 0 spiro atoms. The third kappa shape index (κ3) is 5.43. The number of benzene rings is 2. The van der Waals surface area contributed by atoms with Gasteiger partial charge in [-0.2, -0.15) is 0 Å². The molecule has 0 atom stereocenters. The monoisotopic (exact) mass is 418 g/mol. The lowest BCUT2D eigenvalue weighted by Gasteiger charge is -2.11. The van der Waals surface area contributed by atoms with E-state index in [4.69, 9.17) is 0 Å². The molecular formula is C26H30N2O3. The third-order valence-electron chi connectivity index (χ3n) is 5.43. The number of imidazole rings is 1. The smallest absolute Gasteiger partial charge is 0.336 e. The molecule has 0 aliphatic rings. The van der Waals surface area contributed by atoms with Crippen molar-refractivity contribution in [2.75, 3.05) is 0 Å². The fraction of sp³-hybridized carbons (Fsp3) is 0.308. The van der Waals surface area contributed by atoms with E-state index in [1.807, 2.05) is 67.7 Å². The highest BCUT2D eigenvalue weighted by Gasteiger charge is 2.15. The molecule has 162 valence electrons. The Balaban J connectivity index is 1.96. The number of carbonyl (C=O) groups is 1. The van der Waals surface area contributed by atoms with E-state index < -0.39 is 5.97 Å². The molecule has 0 saturated carbocycles. The Morgan fingerprint density at radius 1 is 1.10 bits per heavy atom. The Morgan fingerprint density at radius 3 is 2.55 bits per heavy atom. The molecule has 0 amide bonds. The van der Waals surface area contributed by atoms with Crippen LogP contribution >= 0.6 is 0 Å². The molecule has 0 bridgehead atoms. The van der Waals surface area contributed by atoms with Crippen LogP contribution in [-0.4, -0.2) is 20.2 Å². The lowest BCUT2D eigenvalue weighted by atomic mass is 9.97. The highest BCUT2D eigenvalue weighted by Crippen LogP contribution is 2.25. The van der Waals surface area contributed by atoms with E-state index in [0.717, 1.165) is 36.1 Å². The first-order valence-electron chi connectivity index (χ1n) is 10.9. The number of hydrogen-bond acceptors (Lipinski definition) is 2. The molecule has 5 heteroatoms. The molecule has 0 aliphatic heterocycles. The van der Waals surface area contributed by atoms with Crippen molar-refractivity contribution < 1.29 is 9.90 Å². The Kier molecular flexibility index (Phi) is 7.65. The minimum atomic E-state index is -0.973. The maximum atomic E-state index is 13.0. The quantitative estimate of drug-likeness (QED) is 0.355. The molecule has 0 unspecified atom stereocenters. The van der Waals surface area contributed by atoms with Crippen LogP contribution < -0.4 is 5.69 Å². The fourth-order valence-corrected chi connectivity index (χ4v) is 3.76. The summed E-state index contributed by atoms with van der Waals surface area (Å²) in [5.74, 6) is -0.973. The van der Waals surface area contributed by atoms with Crippen molar-refractivity contribution in [1.82, 2.24) is 9.13 Å². The van der Waals surface area contributed by atoms with Crippen LogP contribution in [0.4, 0.5) is 0 Å². The molecule has 0 aliphatic carbocycles. The number of unbranched alkanes of at least 4 members (excludes halogenated alkanes) is 2. The summed E-state index contributed by atoms with van der Waals surface area (Å²) in [5, 5.41) is 9.79. The fourth-order valence-electron chi connectivity index (χ4n) is 3.76. The van der Waals surface area contributed by atoms with Gasteiger partial charge in [0.05, 0.1) is 12.1 Å². The van der Waals surface area contributed by atoms with Gasteiger partial charge in [0.1, 0.15) is 0 Å². The van der Waals surface area contributed by atoms with Gasteiger partial charge in [0.2, 0.25) is 0 Å². The number of nitrogens with zero attached hydrogens (tertiary/aromatic N) is 2. The highest BCUT2D eigenvalue weighted by atomic mass is 16.4. The summed E-state index contributed by atoms with van der Waals surface area (Å²) >= 11 is 0. The molecule has 3 aromatic rings. The molecule has 0 radical (unpaired) electrons. The second-order valence-electron chi connectivity index (χ2n) is 7.71. The van der Waals surface area contributed by atoms with Gasteiger partial charge in [-0.15, -0.1) is 0 Å². The van der Waals surface area contributed by atoms with Gasteiger partial charge >= 0.3 is 11.7 Å². The molecule has 1 N–H and O–H groups in total. The van der Waals surface area contributed by atoms with Crippen molar-refractivity contribution in [3.63, 3.8) is 0 Å². The summed E-state index contributed by atoms with van der Waals surface area (Å²) in [6, 6.07) is 14.9. The Labute approximate surface area is 183 Å². The first kappa shape index (κ1) is 22.3. The molecule has 0 fully saturated rings. The summed E-state index contributed by atoms with van der Waals surface area (Å²) in [6.07, 6.45) is 9.77. The van der Waals surface area contributed by atoms with Crippen LogP contribution in [0, 0.1) is 0 Å². The van der Waals surface area contributed by atoms with Gasteiger partial charge < -0.3 is 5.11 Å². The standard InChI is InChI=1S/C26H30N2O3/c1-3-5-10-16-27-19-22(13-6-4-2)28(26(27)31)18-20-14-15-23(24(17-20)25(29)30)21-11-8-7-9-12-21/h4,6-9,11-12,14-15,17,19H,3,5,10,13,16,18H2,1-2H3,(H,29,30)/b6-4+. The molecule has 5 nitrogen and oxygen atoms in total. The average molecular weight is 419 g/mol. The molecule has 31 heavy (non-hydrogen) atoms. The summed E-state index contributed by atoms with van der Waals surface area (Å²) in [6.45, 7) is 5.16. The van der Waals surface area contributed by atoms with Crippen LogP contribution in [-0.2, 0) is 19.5 Å². The average Bonchev–Trinajstić information content (AvgIpc) is 3.07. The minimum absolute atomic E-state index is 0.0420. The number of rotatable bonds is 10. The van der Waals surface area contributed by atoms with Gasteiger partial charge in [0.15, 0.2) is 0 Å². The van der Waals surface area contributed by atoms with Crippen LogP contribution in [0.5, 0.6) is 0 Å². The van der Waals surface area contributed by atoms with Crippen molar-refractivity contribution in [3.05, 3.63) is 94.2 Å². The molecular weight excluding hydrogens is 388 g/mol. The minimum Gasteiger partial charge on any atom is -0.478 e. The summed E-state index contributed by atoms with van der Waals surface area (Å²) in [5.41, 5.74) is 3.47. The summed E-state index contributed by atoms with van der Waals surface area (Å²) in [4.78, 5) is 25.0. The molecule has 1 aromatic heterocycles. The SMILES string of the molecule is C/C=C/Cc1cn(CCCCC)c(=O)n1Cc1ccc(-c2ccccc2)c(C(=O)O)c1. The van der Waals surface area contributed by atoms with E-state index in [1.54, 1.807) is 15.2 Å². The molecule has 2 aromatic carbocycles. The highest BCUT2D eigenvalue weighted by molar-refractivity contribution is 5.96. The number of aryl methyl sites for hydroxylation is 1. The van der Waals surface area contributed by atoms with Crippen molar-refractivity contribution in [3.8, 4) is 11.1 Å². The molecule has 0 saturated heterocycles. The van der Waals surface area contributed by atoms with Gasteiger partial charge in [-0.1, -0.05) is 74.4 Å². The van der Waals surface area contributed by atoms with Crippen LogP contribution in [0.15, 0.2) is 71.7 Å². The lowest BCUT2D eigenvalue weighted by molar-refractivity contribution is 0.0697. The number of aromatic carboxylic acids is 1. The van der Waals surface area contributed by atoms with Crippen molar-refractivity contribution >= 4 is 5.97 Å². The number of hydrogen-bond donors (Lipinski definition) is 1. The van der Waals surface area contributed by atoms with Crippen LogP contribution in [0.2, 0.25) is 0 Å². The van der Waals surface area contributed by atoms with Crippen molar-refractivity contribution in [2.24, 2.45) is 0 Å². The van der Waals surface area contributed by atoms with Crippen molar-refractivity contribution in [1.29, 1.82) is 0 Å². The van der Waals surface area contributed by atoms with E-state index in [0.29, 0.717) is 25.1 Å². The van der Waals surface area contributed by atoms with E-state index in [-0.39, 0.29) is 11.3 Å². The topological polar surface area (TPSA) is 64.2 Å². The summed E-state index contributed by atoms with van der Waals surface area (Å²) in [7, 11) is 0. The zero-order chi connectivity index (χ0) is 22.2. The van der Waals surface area contributed by atoms with E-state index >= 15 is 0 Å². The van der Waals surface area contributed by atoms with E-state index in [1.165, 1.54) is 0 Å². The second-order valence-corrected chi connectivity index (χ2v) is 7.71. The first-order chi connectivity index (χ1) is 15.0. The zero-order valence-corrected chi connectivity index (χ0v) is 18.3. The predicted octanol–water partition coefficient (Wildman–Crippen LogP) is 5.37. The summed E-state index contributed by atoms with van der Waals surface area (Å²) < 4.78 is 3.54. The predicted molar refractivity (Wildman–Crippen MR) is 125 cm³/mol. The van der Waals surface area contributed by atoms with Gasteiger partial charge in [-0.05, 0) is 36.1 Å². The normalized spacial score (nSPS) is 11.3. The Morgan fingerprint density at radius 2 is 1.87 bits per heavy atom. The maximum absolute atomic E-state index is 13.0. The Hall–Kier alpha value is -3.34. The van der Waals surface area contributed by atoms with Gasteiger partial charge in [-0.3, -0.25) is 9.13 Å². The zero-order valence-electron chi connectivity index (χ0n) is 18.3. The number of carboxylic acid groups (broad SMARTS) is 1. The van der Waals surface area contributed by atoms with Gasteiger partial charge in [-0.25, -0.2) is 9.59 Å². The first-order valence-corrected chi connectivity index (χ1v) is 10.9. The second kappa shape index (κ2) is 10.6. The molecule has 3 rings (SSSR count). The van der Waals surface area contributed by atoms with Crippen LogP contribution in [0.1, 0.15) is 54.7 Å². The van der Waals surface area contributed by atoms with Crippen LogP contribution in [0.3, 0.4) is 0 Å². The van der Waals surface area contributed by atoms with Gasteiger partial charge in [0.25, 0.3) is 0 Å². The van der Waals surface area contributed by atoms with E-state index in [9.17, 15) is 14.7 Å². The number of allylic oxidation sites excluding steroid dienone is 2. The van der Waals surface area contributed by atoms with Gasteiger partial charge in [0, 0.05) is 24.9 Å².